The number of rotatable bonds is 2. The van der Waals surface area contributed by atoms with Crippen LogP contribution in [0.25, 0.3) is 21.6 Å². The lowest BCUT2D eigenvalue weighted by Crippen LogP contribution is -2.11. The number of methoxy groups -OCH3 is 1. The number of benzene rings is 1. The van der Waals surface area contributed by atoms with E-state index in [0.29, 0.717) is 22.2 Å². The molecule has 0 saturated heterocycles. The third kappa shape index (κ3) is 2.44. The molecule has 2 aromatic heterocycles. The van der Waals surface area contributed by atoms with Crippen molar-refractivity contribution in [2.75, 3.05) is 7.11 Å². The van der Waals surface area contributed by atoms with Gasteiger partial charge in [0.2, 0.25) is 0 Å². The first-order valence-corrected chi connectivity index (χ1v) is 8.75. The highest BCUT2D eigenvalue weighted by Gasteiger charge is 2.20. The number of halogens is 1. The molecule has 4 nitrogen and oxygen atoms in total. The van der Waals surface area contributed by atoms with E-state index in [9.17, 15) is 4.79 Å². The number of hydrogen-bond acceptors (Lipinski definition) is 4. The van der Waals surface area contributed by atoms with E-state index in [-0.39, 0.29) is 5.56 Å². The summed E-state index contributed by atoms with van der Waals surface area (Å²) in [5.41, 5.74) is 1.81. The van der Waals surface area contributed by atoms with Crippen molar-refractivity contribution in [1.82, 2.24) is 9.97 Å². The van der Waals surface area contributed by atoms with Gasteiger partial charge in [-0.25, -0.2) is 4.98 Å². The zero-order valence-electron chi connectivity index (χ0n) is 12.6. The molecule has 3 aromatic rings. The van der Waals surface area contributed by atoms with Crippen molar-refractivity contribution in [3.05, 3.63) is 44.0 Å². The summed E-state index contributed by atoms with van der Waals surface area (Å²) >= 11 is 7.73. The lowest BCUT2D eigenvalue weighted by molar-refractivity contribution is 0.416. The molecule has 1 aromatic carbocycles. The minimum absolute atomic E-state index is 0.0774. The third-order valence-corrected chi connectivity index (χ3v) is 5.66. The second-order valence-electron chi connectivity index (χ2n) is 5.65. The summed E-state index contributed by atoms with van der Waals surface area (Å²) in [4.78, 5) is 22.3. The van der Waals surface area contributed by atoms with Gasteiger partial charge < -0.3 is 9.72 Å². The summed E-state index contributed by atoms with van der Waals surface area (Å²) in [5.74, 6) is 1.14. The Bertz CT molecular complexity index is 961. The highest BCUT2D eigenvalue weighted by atomic mass is 35.5. The van der Waals surface area contributed by atoms with Crippen LogP contribution in [0.15, 0.2) is 23.0 Å². The number of nitrogens with zero attached hydrogens (tertiary/aromatic N) is 1. The fraction of sp³-hybridized carbons (Fsp3) is 0.294. The summed E-state index contributed by atoms with van der Waals surface area (Å²) < 4.78 is 5.37. The van der Waals surface area contributed by atoms with Crippen molar-refractivity contribution in [1.29, 1.82) is 0 Å². The average molecular weight is 347 g/mol. The summed E-state index contributed by atoms with van der Waals surface area (Å²) in [7, 11) is 1.59. The van der Waals surface area contributed by atoms with Gasteiger partial charge >= 0.3 is 0 Å². The molecule has 0 aliphatic heterocycles. The standard InChI is InChI=1S/C17H15ClN2O2S/c1-22-12-7-6-9(18)8-11(12)15-19-16(21)14-10-4-2-3-5-13(10)23-17(14)20-15/h6-8H,2-5H2,1H3,(H,19,20,21). The van der Waals surface area contributed by atoms with E-state index in [1.165, 1.54) is 16.9 Å². The maximum Gasteiger partial charge on any atom is 0.260 e. The number of aromatic amines is 1. The molecule has 23 heavy (non-hydrogen) atoms. The van der Waals surface area contributed by atoms with Gasteiger partial charge in [0.25, 0.3) is 5.56 Å². The van der Waals surface area contributed by atoms with E-state index < -0.39 is 0 Å². The maximum atomic E-state index is 12.6. The van der Waals surface area contributed by atoms with Crippen LogP contribution in [0.1, 0.15) is 23.3 Å². The number of ether oxygens (including phenoxy) is 1. The van der Waals surface area contributed by atoms with Gasteiger partial charge in [0.1, 0.15) is 16.4 Å². The van der Waals surface area contributed by atoms with Crippen molar-refractivity contribution in [2.24, 2.45) is 0 Å². The molecule has 0 radical (unpaired) electrons. The topological polar surface area (TPSA) is 55.0 Å². The molecule has 0 spiro atoms. The predicted molar refractivity (Wildman–Crippen MR) is 93.9 cm³/mol. The van der Waals surface area contributed by atoms with Crippen molar-refractivity contribution in [2.45, 2.75) is 25.7 Å². The molecule has 4 rings (SSSR count). The van der Waals surface area contributed by atoms with Crippen LogP contribution in [0.4, 0.5) is 0 Å². The molecule has 0 amide bonds. The second kappa shape index (κ2) is 5.65. The molecule has 6 heteroatoms. The Balaban J connectivity index is 1.96. The highest BCUT2D eigenvalue weighted by molar-refractivity contribution is 7.18. The van der Waals surface area contributed by atoms with E-state index in [1.807, 2.05) is 0 Å². The Labute approximate surface area is 142 Å². The van der Waals surface area contributed by atoms with Crippen LogP contribution in [-0.2, 0) is 12.8 Å². The number of fused-ring (bicyclic) bond motifs is 3. The monoisotopic (exact) mass is 346 g/mol. The van der Waals surface area contributed by atoms with E-state index in [1.54, 1.807) is 36.6 Å². The van der Waals surface area contributed by atoms with Gasteiger partial charge in [-0.15, -0.1) is 11.3 Å². The fourth-order valence-electron chi connectivity index (χ4n) is 3.16. The second-order valence-corrected chi connectivity index (χ2v) is 7.17. The summed E-state index contributed by atoms with van der Waals surface area (Å²) in [6.45, 7) is 0. The van der Waals surface area contributed by atoms with Gasteiger partial charge in [0.05, 0.1) is 18.1 Å². The number of aromatic nitrogens is 2. The van der Waals surface area contributed by atoms with Gasteiger partial charge in [-0.2, -0.15) is 0 Å². The van der Waals surface area contributed by atoms with Gasteiger partial charge in [-0.1, -0.05) is 11.6 Å². The van der Waals surface area contributed by atoms with Gasteiger partial charge in [0.15, 0.2) is 0 Å². The third-order valence-electron chi connectivity index (χ3n) is 4.24. The molecule has 0 saturated carbocycles. The van der Waals surface area contributed by atoms with Crippen molar-refractivity contribution >= 4 is 33.2 Å². The molecule has 1 N–H and O–H groups in total. The lowest BCUT2D eigenvalue weighted by atomic mass is 9.97. The number of nitrogens with one attached hydrogen (secondary N) is 1. The first-order chi connectivity index (χ1) is 11.2. The number of thiophene rings is 1. The first kappa shape index (κ1) is 14.7. The molecule has 0 unspecified atom stereocenters. The van der Waals surface area contributed by atoms with Crippen molar-refractivity contribution < 1.29 is 4.74 Å². The van der Waals surface area contributed by atoms with E-state index in [2.05, 4.69) is 9.97 Å². The van der Waals surface area contributed by atoms with Crippen LogP contribution in [0.2, 0.25) is 5.02 Å². The lowest BCUT2D eigenvalue weighted by Gasteiger charge is -2.10. The molecule has 2 heterocycles. The fourth-order valence-corrected chi connectivity index (χ4v) is 4.59. The summed E-state index contributed by atoms with van der Waals surface area (Å²) in [5, 5.41) is 1.34. The Morgan fingerprint density at radius 3 is 2.96 bits per heavy atom. The van der Waals surface area contributed by atoms with Crippen LogP contribution in [-0.4, -0.2) is 17.1 Å². The number of hydrogen-bond donors (Lipinski definition) is 1. The van der Waals surface area contributed by atoms with Gasteiger partial charge in [0, 0.05) is 9.90 Å². The van der Waals surface area contributed by atoms with Crippen LogP contribution in [0.3, 0.4) is 0 Å². The van der Waals surface area contributed by atoms with Crippen LogP contribution < -0.4 is 10.3 Å². The first-order valence-electron chi connectivity index (χ1n) is 7.56. The largest absolute Gasteiger partial charge is 0.496 e. The minimum atomic E-state index is -0.0774. The Kier molecular flexibility index (Phi) is 3.62. The molecule has 1 aliphatic carbocycles. The van der Waals surface area contributed by atoms with E-state index in [0.717, 1.165) is 29.5 Å². The van der Waals surface area contributed by atoms with Gasteiger partial charge in [-0.3, -0.25) is 4.79 Å². The maximum absolute atomic E-state index is 12.6. The van der Waals surface area contributed by atoms with Crippen LogP contribution in [0.5, 0.6) is 5.75 Å². The predicted octanol–water partition coefficient (Wildman–Crippen LogP) is 4.19. The van der Waals surface area contributed by atoms with Crippen molar-refractivity contribution in [3.8, 4) is 17.1 Å². The number of aryl methyl sites for hydroxylation is 2. The average Bonchev–Trinajstić information content (AvgIpc) is 2.93. The van der Waals surface area contributed by atoms with Crippen molar-refractivity contribution in [3.63, 3.8) is 0 Å². The van der Waals surface area contributed by atoms with Crippen LogP contribution >= 0.6 is 22.9 Å². The highest BCUT2D eigenvalue weighted by Crippen LogP contribution is 2.36. The molecule has 0 fully saturated rings. The van der Waals surface area contributed by atoms with E-state index >= 15 is 0 Å². The molecular weight excluding hydrogens is 332 g/mol. The quantitative estimate of drug-likeness (QED) is 0.756. The minimum Gasteiger partial charge on any atom is -0.496 e. The Morgan fingerprint density at radius 2 is 2.13 bits per heavy atom. The summed E-state index contributed by atoms with van der Waals surface area (Å²) in [6.07, 6.45) is 4.35. The Morgan fingerprint density at radius 1 is 1.30 bits per heavy atom. The van der Waals surface area contributed by atoms with E-state index in [4.69, 9.17) is 16.3 Å². The van der Waals surface area contributed by atoms with Crippen LogP contribution in [0, 0.1) is 0 Å². The summed E-state index contributed by atoms with van der Waals surface area (Å²) in [6, 6.07) is 5.30. The van der Waals surface area contributed by atoms with Gasteiger partial charge in [-0.05, 0) is 49.4 Å². The zero-order valence-corrected chi connectivity index (χ0v) is 14.2. The molecule has 0 atom stereocenters. The SMILES string of the molecule is COc1ccc(Cl)cc1-c1nc2sc3c(c2c(=O)[nH]1)CCCC3. The zero-order chi connectivity index (χ0) is 16.0. The molecular formula is C17H15ClN2O2S. The normalized spacial score (nSPS) is 14.0. The Hall–Kier alpha value is -1.85. The molecule has 1 aliphatic rings. The molecule has 118 valence electrons. The smallest absolute Gasteiger partial charge is 0.260 e. The number of H-pyrrole nitrogens is 1. The molecule has 0 bridgehead atoms.